The molecule has 0 amide bonds. The van der Waals surface area contributed by atoms with E-state index in [4.69, 9.17) is 5.11 Å². The van der Waals surface area contributed by atoms with Crippen LogP contribution in [0.15, 0.2) is 23.1 Å². The molecule has 0 radical (unpaired) electrons. The first kappa shape index (κ1) is 10.9. The zero-order chi connectivity index (χ0) is 11.9. The predicted molar refractivity (Wildman–Crippen MR) is 55.3 cm³/mol. The molecule has 0 aliphatic heterocycles. The zero-order valence-corrected chi connectivity index (χ0v) is 9.07. The number of aromatic hydroxyl groups is 1. The number of benzene rings is 1. The van der Waals surface area contributed by atoms with Crippen molar-refractivity contribution >= 4 is 15.8 Å². The molecular formula is C10H10O5S. The minimum atomic E-state index is -3.41. The third kappa shape index (κ3) is 1.76. The molecule has 0 saturated heterocycles. The molecule has 1 saturated carbocycles. The van der Waals surface area contributed by atoms with Gasteiger partial charge in [0.05, 0.1) is 10.1 Å². The largest absolute Gasteiger partial charge is 0.507 e. The smallest absolute Gasteiger partial charge is 0.339 e. The lowest BCUT2D eigenvalue weighted by Crippen LogP contribution is -2.08. The number of rotatable bonds is 3. The Labute approximate surface area is 92.3 Å². The van der Waals surface area contributed by atoms with Crippen LogP contribution in [0.5, 0.6) is 5.75 Å². The highest BCUT2D eigenvalue weighted by Crippen LogP contribution is 2.34. The van der Waals surface area contributed by atoms with E-state index in [1.165, 1.54) is 6.07 Å². The molecule has 6 heteroatoms. The monoisotopic (exact) mass is 242 g/mol. The second-order valence-corrected chi connectivity index (χ2v) is 5.96. The second-order valence-electron chi connectivity index (χ2n) is 3.73. The predicted octanol–water partition coefficient (Wildman–Crippen LogP) is 1.03. The van der Waals surface area contributed by atoms with Crippen molar-refractivity contribution in [1.82, 2.24) is 0 Å². The van der Waals surface area contributed by atoms with Crippen molar-refractivity contribution in [3.63, 3.8) is 0 Å². The fourth-order valence-electron chi connectivity index (χ4n) is 1.43. The number of carboxylic acid groups (broad SMARTS) is 1. The van der Waals surface area contributed by atoms with Crippen molar-refractivity contribution in [2.24, 2.45) is 0 Å². The fraction of sp³-hybridized carbons (Fsp3) is 0.300. The molecule has 0 spiro atoms. The molecule has 0 bridgehead atoms. The van der Waals surface area contributed by atoms with E-state index in [-0.39, 0.29) is 10.5 Å². The lowest BCUT2D eigenvalue weighted by Gasteiger charge is -2.05. The van der Waals surface area contributed by atoms with Crippen molar-refractivity contribution in [1.29, 1.82) is 0 Å². The summed E-state index contributed by atoms with van der Waals surface area (Å²) in [6.07, 6.45) is 1.23. The van der Waals surface area contributed by atoms with Crippen molar-refractivity contribution in [2.45, 2.75) is 23.0 Å². The Morgan fingerprint density at radius 2 is 1.94 bits per heavy atom. The maximum absolute atomic E-state index is 11.8. The van der Waals surface area contributed by atoms with Crippen LogP contribution in [0.3, 0.4) is 0 Å². The molecule has 1 aliphatic carbocycles. The first-order valence-corrected chi connectivity index (χ1v) is 6.28. The summed E-state index contributed by atoms with van der Waals surface area (Å²) in [5.74, 6) is -1.77. The lowest BCUT2D eigenvalue weighted by atomic mass is 10.2. The van der Waals surface area contributed by atoms with Gasteiger partial charge in [0.1, 0.15) is 11.3 Å². The van der Waals surface area contributed by atoms with Crippen LogP contribution >= 0.6 is 0 Å². The van der Waals surface area contributed by atoms with Crippen LogP contribution in [0.2, 0.25) is 0 Å². The number of hydrogen-bond donors (Lipinski definition) is 2. The molecule has 0 aromatic heterocycles. The minimum absolute atomic E-state index is 0.0369. The third-order valence-electron chi connectivity index (χ3n) is 2.49. The highest BCUT2D eigenvalue weighted by Gasteiger charge is 2.37. The van der Waals surface area contributed by atoms with Crippen LogP contribution in [0.1, 0.15) is 23.2 Å². The minimum Gasteiger partial charge on any atom is -0.507 e. The average molecular weight is 242 g/mol. The van der Waals surface area contributed by atoms with Crippen LogP contribution in [-0.4, -0.2) is 29.9 Å². The maximum atomic E-state index is 11.8. The van der Waals surface area contributed by atoms with E-state index >= 15 is 0 Å². The first-order chi connectivity index (χ1) is 7.43. The Kier molecular flexibility index (Phi) is 2.38. The van der Waals surface area contributed by atoms with Gasteiger partial charge in [-0.1, -0.05) is 0 Å². The van der Waals surface area contributed by atoms with Crippen molar-refractivity contribution < 1.29 is 23.4 Å². The van der Waals surface area contributed by atoms with Crippen LogP contribution < -0.4 is 0 Å². The number of phenols is 1. The highest BCUT2D eigenvalue weighted by molar-refractivity contribution is 7.92. The van der Waals surface area contributed by atoms with E-state index in [0.717, 1.165) is 12.1 Å². The van der Waals surface area contributed by atoms with Crippen LogP contribution in [0.4, 0.5) is 0 Å². The SMILES string of the molecule is O=C(O)c1cc(S(=O)(=O)C2CC2)ccc1O. The maximum Gasteiger partial charge on any atom is 0.339 e. The van der Waals surface area contributed by atoms with E-state index in [9.17, 15) is 18.3 Å². The van der Waals surface area contributed by atoms with Crippen LogP contribution in [-0.2, 0) is 9.84 Å². The molecule has 1 aromatic rings. The standard InChI is InChI=1S/C10H10O5S/c11-9-4-3-7(5-8(9)10(12)13)16(14,15)6-1-2-6/h3-6,11H,1-2H2,(H,12,13). The molecule has 16 heavy (non-hydrogen) atoms. The normalized spacial score (nSPS) is 16.0. The fourth-order valence-corrected chi connectivity index (χ4v) is 3.12. The summed E-state index contributed by atoms with van der Waals surface area (Å²) >= 11 is 0. The van der Waals surface area contributed by atoms with Gasteiger partial charge in [-0.15, -0.1) is 0 Å². The topological polar surface area (TPSA) is 91.7 Å². The van der Waals surface area contributed by atoms with Gasteiger partial charge in [0.25, 0.3) is 0 Å². The van der Waals surface area contributed by atoms with Gasteiger partial charge < -0.3 is 10.2 Å². The summed E-state index contributed by atoms with van der Waals surface area (Å²) in [5, 5.41) is 17.6. The quantitative estimate of drug-likeness (QED) is 0.825. The number of carbonyl (C=O) groups is 1. The molecule has 1 aliphatic rings. The van der Waals surface area contributed by atoms with Gasteiger partial charge >= 0.3 is 5.97 Å². The van der Waals surface area contributed by atoms with Crippen molar-refractivity contribution in [3.8, 4) is 5.75 Å². The highest BCUT2D eigenvalue weighted by atomic mass is 32.2. The van der Waals surface area contributed by atoms with Crippen molar-refractivity contribution in [2.75, 3.05) is 0 Å². The Hall–Kier alpha value is -1.56. The summed E-state index contributed by atoms with van der Waals surface area (Å²) in [7, 11) is -3.41. The molecule has 1 fully saturated rings. The Balaban J connectivity index is 2.51. The molecule has 5 nitrogen and oxygen atoms in total. The van der Waals surface area contributed by atoms with Gasteiger partial charge in [-0.25, -0.2) is 13.2 Å². The first-order valence-electron chi connectivity index (χ1n) is 4.73. The molecule has 2 N–H and O–H groups in total. The molecular weight excluding hydrogens is 232 g/mol. The van der Waals surface area contributed by atoms with E-state index in [1.54, 1.807) is 0 Å². The summed E-state index contributed by atoms with van der Waals surface area (Å²) < 4.78 is 23.6. The molecule has 0 unspecified atom stereocenters. The molecule has 1 aromatic carbocycles. The number of carboxylic acids is 1. The van der Waals surface area contributed by atoms with Gasteiger partial charge in [0, 0.05) is 0 Å². The summed E-state index contributed by atoms with van der Waals surface area (Å²) in [5.41, 5.74) is -0.387. The van der Waals surface area contributed by atoms with Gasteiger partial charge in [0.15, 0.2) is 9.84 Å². The Morgan fingerprint density at radius 1 is 1.31 bits per heavy atom. The summed E-state index contributed by atoms with van der Waals surface area (Å²) in [6.45, 7) is 0. The van der Waals surface area contributed by atoms with Gasteiger partial charge in [-0.3, -0.25) is 0 Å². The Morgan fingerprint density at radius 3 is 2.44 bits per heavy atom. The Bertz CT molecular complexity index is 542. The summed E-state index contributed by atoms with van der Waals surface area (Å²) in [6, 6.07) is 3.33. The van der Waals surface area contributed by atoms with Gasteiger partial charge in [0.2, 0.25) is 0 Å². The third-order valence-corrected chi connectivity index (χ3v) is 4.75. The molecule has 0 heterocycles. The number of sulfone groups is 1. The van der Waals surface area contributed by atoms with Gasteiger partial charge in [-0.2, -0.15) is 0 Å². The van der Waals surface area contributed by atoms with E-state index in [0.29, 0.717) is 12.8 Å². The second kappa shape index (κ2) is 3.48. The number of aromatic carboxylic acids is 1. The van der Waals surface area contributed by atoms with Crippen molar-refractivity contribution in [3.05, 3.63) is 23.8 Å². The van der Waals surface area contributed by atoms with E-state index in [1.807, 2.05) is 0 Å². The molecule has 0 atom stereocenters. The van der Waals surface area contributed by atoms with E-state index in [2.05, 4.69) is 0 Å². The zero-order valence-electron chi connectivity index (χ0n) is 8.25. The van der Waals surface area contributed by atoms with Gasteiger partial charge in [-0.05, 0) is 31.0 Å². The van der Waals surface area contributed by atoms with Crippen LogP contribution in [0.25, 0.3) is 0 Å². The molecule has 2 rings (SSSR count). The number of hydrogen-bond acceptors (Lipinski definition) is 4. The lowest BCUT2D eigenvalue weighted by molar-refractivity contribution is 0.0693. The average Bonchev–Trinajstić information content (AvgIpc) is 3.00. The molecule has 86 valence electrons. The summed E-state index contributed by atoms with van der Waals surface area (Å²) in [4.78, 5) is 10.7. The van der Waals surface area contributed by atoms with Crippen LogP contribution in [0, 0.1) is 0 Å². The van der Waals surface area contributed by atoms with E-state index < -0.39 is 26.8 Å².